The van der Waals surface area contributed by atoms with E-state index in [-0.39, 0.29) is 0 Å². The Morgan fingerprint density at radius 2 is 2.00 bits per heavy atom. The van der Waals surface area contributed by atoms with Gasteiger partial charge in [0, 0.05) is 21.1 Å². The molecule has 0 amide bonds. The number of hydrogen-bond acceptors (Lipinski definition) is 3. The summed E-state index contributed by atoms with van der Waals surface area (Å²) in [5.41, 5.74) is 5.37. The van der Waals surface area contributed by atoms with Crippen LogP contribution in [0.3, 0.4) is 0 Å². The van der Waals surface area contributed by atoms with Crippen LogP contribution >= 0.6 is 27.3 Å². The summed E-state index contributed by atoms with van der Waals surface area (Å²) in [6.45, 7) is 2.05. The lowest BCUT2D eigenvalue weighted by Crippen LogP contribution is -1.89. The molecule has 120 valence electrons. The highest BCUT2D eigenvalue weighted by molar-refractivity contribution is 9.11. The van der Waals surface area contributed by atoms with E-state index in [2.05, 4.69) is 57.5 Å². The highest BCUT2D eigenvalue weighted by Crippen LogP contribution is 2.33. The van der Waals surface area contributed by atoms with Crippen molar-refractivity contribution < 1.29 is 0 Å². The molecule has 1 aromatic carbocycles. The number of nitrogens with zero attached hydrogens (tertiary/aromatic N) is 2. The number of benzene rings is 1. The number of nitrogens with one attached hydrogen (secondary N) is 1. The predicted molar refractivity (Wildman–Crippen MR) is 104 cm³/mol. The minimum Gasteiger partial charge on any atom is -0.340 e. The molecule has 0 spiro atoms. The normalized spacial score (nSPS) is 14.4. The highest BCUT2D eigenvalue weighted by atomic mass is 79.9. The predicted octanol–water partition coefficient (Wildman–Crippen LogP) is 5.96. The van der Waals surface area contributed by atoms with E-state index < -0.39 is 0 Å². The molecule has 24 heavy (non-hydrogen) atoms. The van der Waals surface area contributed by atoms with Crippen LogP contribution in [-0.2, 0) is 0 Å². The van der Waals surface area contributed by atoms with Gasteiger partial charge >= 0.3 is 0 Å². The smallest absolute Gasteiger partial charge is 0.157 e. The minimum atomic E-state index is 0.833. The SMILES string of the molecule is Cc1[nH]c(-c2csc(C3=CC(Br)=CCC3)n2)nc1-c1ccccc1. The molecule has 4 rings (SSSR count). The molecule has 0 atom stereocenters. The van der Waals surface area contributed by atoms with Crippen molar-refractivity contribution in [3.05, 3.63) is 63.0 Å². The van der Waals surface area contributed by atoms with Gasteiger partial charge < -0.3 is 4.98 Å². The first-order valence-electron chi connectivity index (χ1n) is 7.85. The lowest BCUT2D eigenvalue weighted by molar-refractivity contribution is 1.05. The third-order valence-corrected chi connectivity index (χ3v) is 5.49. The molecular formula is C19H16BrN3S. The molecule has 2 aromatic heterocycles. The Labute approximate surface area is 153 Å². The second kappa shape index (κ2) is 6.49. The van der Waals surface area contributed by atoms with Gasteiger partial charge in [-0.2, -0.15) is 0 Å². The van der Waals surface area contributed by atoms with Gasteiger partial charge in [-0.15, -0.1) is 11.3 Å². The highest BCUT2D eigenvalue weighted by Gasteiger charge is 2.15. The van der Waals surface area contributed by atoms with Crippen molar-refractivity contribution in [1.29, 1.82) is 0 Å². The van der Waals surface area contributed by atoms with Gasteiger partial charge in [0.25, 0.3) is 0 Å². The van der Waals surface area contributed by atoms with Crippen LogP contribution in [0.25, 0.3) is 28.3 Å². The number of imidazole rings is 1. The number of aromatic amines is 1. The molecule has 1 aliphatic carbocycles. The van der Waals surface area contributed by atoms with E-state index in [9.17, 15) is 0 Å². The van der Waals surface area contributed by atoms with Gasteiger partial charge in [-0.25, -0.2) is 9.97 Å². The number of halogens is 1. The minimum absolute atomic E-state index is 0.833. The van der Waals surface area contributed by atoms with Crippen LogP contribution in [0, 0.1) is 6.92 Å². The van der Waals surface area contributed by atoms with E-state index in [0.717, 1.165) is 50.8 Å². The molecule has 0 aliphatic heterocycles. The summed E-state index contributed by atoms with van der Waals surface area (Å²) in [7, 11) is 0. The third-order valence-electron chi connectivity index (χ3n) is 4.02. The summed E-state index contributed by atoms with van der Waals surface area (Å²) < 4.78 is 1.14. The van der Waals surface area contributed by atoms with E-state index >= 15 is 0 Å². The maximum atomic E-state index is 4.80. The Kier molecular flexibility index (Phi) is 4.21. The first kappa shape index (κ1) is 15.5. The van der Waals surface area contributed by atoms with Crippen LogP contribution in [0.2, 0.25) is 0 Å². The molecule has 0 fully saturated rings. The quantitative estimate of drug-likeness (QED) is 0.591. The van der Waals surface area contributed by atoms with Crippen molar-refractivity contribution in [3.63, 3.8) is 0 Å². The standard InChI is InChI=1S/C19H16BrN3S/c1-12-17(13-6-3-2-4-7-13)23-18(21-12)16-11-24-19(22-16)14-8-5-9-15(20)10-14/h2-4,6-7,9-11H,5,8H2,1H3,(H,21,23). The summed E-state index contributed by atoms with van der Waals surface area (Å²) in [5, 5.41) is 3.15. The Morgan fingerprint density at radius 1 is 1.17 bits per heavy atom. The van der Waals surface area contributed by atoms with Gasteiger partial charge in [-0.1, -0.05) is 52.3 Å². The molecule has 3 nitrogen and oxygen atoms in total. The zero-order chi connectivity index (χ0) is 16.5. The first-order valence-corrected chi connectivity index (χ1v) is 9.52. The molecule has 2 heterocycles. The molecular weight excluding hydrogens is 382 g/mol. The zero-order valence-corrected chi connectivity index (χ0v) is 15.6. The fourth-order valence-electron chi connectivity index (χ4n) is 2.82. The monoisotopic (exact) mass is 397 g/mol. The van der Waals surface area contributed by atoms with Crippen molar-refractivity contribution in [2.45, 2.75) is 19.8 Å². The summed E-state index contributed by atoms with van der Waals surface area (Å²) in [6.07, 6.45) is 6.45. The fraction of sp³-hybridized carbons (Fsp3) is 0.158. The van der Waals surface area contributed by atoms with Crippen molar-refractivity contribution >= 4 is 32.8 Å². The molecule has 1 aliphatic rings. The van der Waals surface area contributed by atoms with Crippen molar-refractivity contribution in [3.8, 4) is 22.8 Å². The van der Waals surface area contributed by atoms with Gasteiger partial charge in [0.2, 0.25) is 0 Å². The zero-order valence-electron chi connectivity index (χ0n) is 13.2. The maximum Gasteiger partial charge on any atom is 0.157 e. The second-order valence-electron chi connectivity index (χ2n) is 5.76. The average molecular weight is 398 g/mol. The Morgan fingerprint density at radius 3 is 2.79 bits per heavy atom. The molecule has 1 N–H and O–H groups in total. The van der Waals surface area contributed by atoms with Gasteiger partial charge in [0.05, 0.1) is 5.69 Å². The van der Waals surface area contributed by atoms with E-state index in [0.29, 0.717) is 0 Å². The number of hydrogen-bond donors (Lipinski definition) is 1. The maximum absolute atomic E-state index is 4.80. The van der Waals surface area contributed by atoms with Gasteiger partial charge in [0.1, 0.15) is 10.7 Å². The van der Waals surface area contributed by atoms with E-state index in [1.165, 1.54) is 5.57 Å². The van der Waals surface area contributed by atoms with Crippen LogP contribution in [0.4, 0.5) is 0 Å². The summed E-state index contributed by atoms with van der Waals surface area (Å²) in [5.74, 6) is 0.833. The molecule has 0 unspecified atom stereocenters. The Balaban J connectivity index is 1.67. The van der Waals surface area contributed by atoms with Crippen molar-refractivity contribution in [2.24, 2.45) is 0 Å². The van der Waals surface area contributed by atoms with E-state index in [1.54, 1.807) is 11.3 Å². The summed E-state index contributed by atoms with van der Waals surface area (Å²) in [4.78, 5) is 12.9. The van der Waals surface area contributed by atoms with Crippen LogP contribution in [0.15, 0.2) is 52.3 Å². The molecule has 0 radical (unpaired) electrons. The Hall–Kier alpha value is -1.98. The van der Waals surface area contributed by atoms with Crippen LogP contribution in [-0.4, -0.2) is 15.0 Å². The van der Waals surface area contributed by atoms with Crippen molar-refractivity contribution in [2.75, 3.05) is 0 Å². The molecule has 3 aromatic rings. The van der Waals surface area contributed by atoms with Crippen LogP contribution in [0.5, 0.6) is 0 Å². The van der Waals surface area contributed by atoms with Crippen molar-refractivity contribution in [1.82, 2.24) is 15.0 Å². The third kappa shape index (κ3) is 3.01. The number of H-pyrrole nitrogens is 1. The van der Waals surface area contributed by atoms with Gasteiger partial charge in [-0.05, 0) is 31.4 Å². The summed E-state index contributed by atoms with van der Waals surface area (Å²) in [6, 6.07) is 10.2. The molecule has 0 saturated heterocycles. The summed E-state index contributed by atoms with van der Waals surface area (Å²) >= 11 is 5.24. The number of rotatable bonds is 3. The second-order valence-corrected chi connectivity index (χ2v) is 7.53. The number of aromatic nitrogens is 3. The number of thiazole rings is 1. The topological polar surface area (TPSA) is 41.6 Å². The van der Waals surface area contributed by atoms with Crippen LogP contribution in [0.1, 0.15) is 23.5 Å². The largest absolute Gasteiger partial charge is 0.340 e. The fourth-order valence-corrected chi connectivity index (χ4v) is 4.18. The average Bonchev–Trinajstić information content (AvgIpc) is 3.22. The van der Waals surface area contributed by atoms with E-state index in [4.69, 9.17) is 9.97 Å². The lowest BCUT2D eigenvalue weighted by atomic mass is 10.1. The van der Waals surface area contributed by atoms with Crippen LogP contribution < -0.4 is 0 Å². The Bertz CT molecular complexity index is 935. The van der Waals surface area contributed by atoms with E-state index in [1.807, 2.05) is 18.2 Å². The number of allylic oxidation sites excluding steroid dienone is 4. The lowest BCUT2D eigenvalue weighted by Gasteiger charge is -2.07. The van der Waals surface area contributed by atoms with Gasteiger partial charge in [-0.3, -0.25) is 0 Å². The molecule has 0 bridgehead atoms. The van der Waals surface area contributed by atoms with Gasteiger partial charge in [0.15, 0.2) is 5.82 Å². The number of aryl methyl sites for hydroxylation is 1. The molecule has 5 heteroatoms. The molecule has 0 saturated carbocycles. The first-order chi connectivity index (χ1) is 11.7.